The van der Waals surface area contributed by atoms with Crippen LogP contribution in [0.25, 0.3) is 0 Å². The van der Waals surface area contributed by atoms with Crippen molar-refractivity contribution in [3.05, 3.63) is 81.7 Å². The molecule has 1 unspecified atom stereocenters. The van der Waals surface area contributed by atoms with Crippen molar-refractivity contribution in [2.75, 3.05) is 10.6 Å². The summed E-state index contributed by atoms with van der Waals surface area (Å²) in [4.78, 5) is 37.6. The molecule has 0 spiro atoms. The number of halogens is 2. The second-order valence-corrected chi connectivity index (χ2v) is 7.34. The first-order valence-corrected chi connectivity index (χ1v) is 9.71. The first kappa shape index (κ1) is 22.1. The van der Waals surface area contributed by atoms with Crippen LogP contribution >= 0.6 is 23.2 Å². The third kappa shape index (κ3) is 5.12. The van der Waals surface area contributed by atoms with E-state index >= 15 is 0 Å². The quantitative estimate of drug-likeness (QED) is 0.396. The number of nitrogens with one attached hydrogen (secondary N) is 2. The Morgan fingerprint density at radius 3 is 2.45 bits per heavy atom. The first-order valence-electron chi connectivity index (χ1n) is 8.95. The Kier molecular flexibility index (Phi) is 6.75. The average molecular weight is 456 g/mol. The average Bonchev–Trinajstić information content (AvgIpc) is 3.27. The van der Waals surface area contributed by atoms with Crippen LogP contribution < -0.4 is 10.6 Å². The van der Waals surface area contributed by atoms with E-state index in [9.17, 15) is 19.6 Å². The van der Waals surface area contributed by atoms with Crippen LogP contribution in [0.3, 0.4) is 0 Å². The number of aryl methyl sites for hydroxylation is 1. The summed E-state index contributed by atoms with van der Waals surface area (Å²) in [6.45, 7) is 1.74. The van der Waals surface area contributed by atoms with Crippen molar-refractivity contribution in [1.29, 1.82) is 5.26 Å². The molecule has 0 saturated heterocycles. The molecule has 31 heavy (non-hydrogen) atoms. The van der Waals surface area contributed by atoms with Gasteiger partial charge in [0.25, 0.3) is 5.91 Å². The van der Waals surface area contributed by atoms with Gasteiger partial charge in [0.1, 0.15) is 0 Å². The summed E-state index contributed by atoms with van der Waals surface area (Å²) in [6, 6.07) is 13.7. The van der Waals surface area contributed by atoms with Gasteiger partial charge >= 0.3 is 0 Å². The Balaban J connectivity index is 1.80. The summed E-state index contributed by atoms with van der Waals surface area (Å²) in [5.74, 6) is -3.57. The smallest absolute Gasteiger partial charge is 0.291 e. The second-order valence-electron chi connectivity index (χ2n) is 6.50. The fourth-order valence-electron chi connectivity index (χ4n) is 2.70. The normalized spacial score (nSPS) is 11.3. The molecule has 3 aromatic rings. The van der Waals surface area contributed by atoms with Crippen molar-refractivity contribution >= 4 is 52.2 Å². The van der Waals surface area contributed by atoms with E-state index in [1.165, 1.54) is 42.7 Å². The predicted octanol–water partition coefficient (Wildman–Crippen LogP) is 5.11. The molecule has 0 aliphatic heterocycles. The van der Waals surface area contributed by atoms with Crippen LogP contribution in [0.1, 0.15) is 26.5 Å². The number of carbonyl (C=O) groups excluding carboxylic acids is 3. The lowest BCUT2D eigenvalue weighted by molar-refractivity contribution is -0.117. The number of benzene rings is 2. The fraction of sp³-hybridized carbons (Fsp3) is 0.0909. The van der Waals surface area contributed by atoms with E-state index in [2.05, 4.69) is 10.6 Å². The maximum absolute atomic E-state index is 12.9. The molecule has 1 aromatic heterocycles. The third-order valence-corrected chi connectivity index (χ3v) is 4.91. The predicted molar refractivity (Wildman–Crippen MR) is 116 cm³/mol. The zero-order valence-corrected chi connectivity index (χ0v) is 17.6. The first-order chi connectivity index (χ1) is 14.8. The lowest BCUT2D eigenvalue weighted by atomic mass is 9.96. The molecule has 0 saturated carbocycles. The molecular weight excluding hydrogens is 441 g/mol. The van der Waals surface area contributed by atoms with Gasteiger partial charge in [0.05, 0.1) is 23.0 Å². The van der Waals surface area contributed by atoms with Crippen LogP contribution in [0.2, 0.25) is 10.0 Å². The highest BCUT2D eigenvalue weighted by Gasteiger charge is 2.28. The number of amides is 2. The number of nitriles is 1. The number of anilines is 2. The molecule has 156 valence electrons. The number of furan rings is 1. The number of ketones is 1. The van der Waals surface area contributed by atoms with Crippen molar-refractivity contribution in [2.24, 2.45) is 5.92 Å². The number of Topliss-reactive ketones (excluding diaryl/α,β-unsaturated/α-hetero) is 1. The maximum atomic E-state index is 12.9. The highest BCUT2D eigenvalue weighted by molar-refractivity contribution is 6.36. The Labute approximate surface area is 187 Å². The van der Waals surface area contributed by atoms with Gasteiger partial charge in [-0.3, -0.25) is 14.4 Å². The van der Waals surface area contributed by atoms with Gasteiger partial charge in [-0.1, -0.05) is 35.3 Å². The van der Waals surface area contributed by atoms with Crippen molar-refractivity contribution in [3.8, 4) is 6.07 Å². The standard InChI is InChI=1S/C22H15Cl2N3O4/c1-12-4-5-13(9-18(12)27-22(30)19-3-2-8-31-19)20(28)15(11-25)21(29)26-17-7-6-14(23)10-16(17)24/h2-10,15H,1H3,(H,26,29)(H,27,30). The molecule has 3 rings (SSSR count). The molecule has 1 heterocycles. The topological polar surface area (TPSA) is 112 Å². The molecule has 0 radical (unpaired) electrons. The van der Waals surface area contributed by atoms with E-state index in [0.29, 0.717) is 16.3 Å². The minimum Gasteiger partial charge on any atom is -0.459 e. The molecule has 0 aliphatic carbocycles. The molecular formula is C22H15Cl2N3O4. The van der Waals surface area contributed by atoms with Gasteiger partial charge in [0.15, 0.2) is 17.5 Å². The van der Waals surface area contributed by atoms with E-state index in [1.54, 1.807) is 25.1 Å². The zero-order valence-electron chi connectivity index (χ0n) is 16.1. The molecule has 1 atom stereocenters. The molecule has 7 nitrogen and oxygen atoms in total. The Hall–Kier alpha value is -3.60. The molecule has 2 aromatic carbocycles. The van der Waals surface area contributed by atoms with E-state index in [4.69, 9.17) is 27.6 Å². The molecule has 0 fully saturated rings. The van der Waals surface area contributed by atoms with Crippen LogP contribution in [-0.2, 0) is 4.79 Å². The van der Waals surface area contributed by atoms with Crippen molar-refractivity contribution in [3.63, 3.8) is 0 Å². The minimum absolute atomic E-state index is 0.0873. The van der Waals surface area contributed by atoms with Gasteiger partial charge in [0.2, 0.25) is 5.91 Å². The Morgan fingerprint density at radius 1 is 1.03 bits per heavy atom. The summed E-state index contributed by atoms with van der Waals surface area (Å²) in [7, 11) is 0. The minimum atomic E-state index is -1.62. The molecule has 0 bridgehead atoms. The Bertz CT molecular complexity index is 1200. The van der Waals surface area contributed by atoms with Gasteiger partial charge in [-0.15, -0.1) is 0 Å². The number of carbonyl (C=O) groups is 3. The number of hydrogen-bond acceptors (Lipinski definition) is 5. The number of rotatable bonds is 6. The van der Waals surface area contributed by atoms with Crippen molar-refractivity contribution < 1.29 is 18.8 Å². The van der Waals surface area contributed by atoms with Gasteiger partial charge in [0, 0.05) is 16.3 Å². The Morgan fingerprint density at radius 2 is 1.81 bits per heavy atom. The van der Waals surface area contributed by atoms with Crippen LogP contribution in [0.5, 0.6) is 0 Å². The monoisotopic (exact) mass is 455 g/mol. The SMILES string of the molecule is Cc1ccc(C(=O)C(C#N)C(=O)Nc2ccc(Cl)cc2Cl)cc1NC(=O)c1ccco1. The highest BCUT2D eigenvalue weighted by atomic mass is 35.5. The number of hydrogen-bond donors (Lipinski definition) is 2. The van der Waals surface area contributed by atoms with Gasteiger partial charge in [-0.05, 0) is 48.9 Å². The zero-order chi connectivity index (χ0) is 22.5. The van der Waals surface area contributed by atoms with E-state index in [0.717, 1.165) is 0 Å². The summed E-state index contributed by atoms with van der Waals surface area (Å²) in [5, 5.41) is 15.1. The van der Waals surface area contributed by atoms with Gasteiger partial charge in [-0.2, -0.15) is 5.26 Å². The van der Waals surface area contributed by atoms with Gasteiger partial charge < -0.3 is 15.1 Å². The van der Waals surface area contributed by atoms with Crippen LogP contribution in [-0.4, -0.2) is 17.6 Å². The molecule has 2 amide bonds. The van der Waals surface area contributed by atoms with Crippen LogP contribution in [0.15, 0.2) is 59.2 Å². The molecule has 9 heteroatoms. The maximum Gasteiger partial charge on any atom is 0.291 e. The number of nitrogens with zero attached hydrogens (tertiary/aromatic N) is 1. The summed E-state index contributed by atoms with van der Waals surface area (Å²) in [5.41, 5.74) is 1.34. The third-order valence-electron chi connectivity index (χ3n) is 4.36. The lowest BCUT2D eigenvalue weighted by Gasteiger charge is -2.13. The van der Waals surface area contributed by atoms with E-state index in [1.807, 2.05) is 0 Å². The van der Waals surface area contributed by atoms with Crippen molar-refractivity contribution in [1.82, 2.24) is 0 Å². The lowest BCUT2D eigenvalue weighted by Crippen LogP contribution is -2.29. The summed E-state index contributed by atoms with van der Waals surface area (Å²) in [6.07, 6.45) is 1.37. The second kappa shape index (κ2) is 9.47. The fourth-order valence-corrected chi connectivity index (χ4v) is 3.16. The van der Waals surface area contributed by atoms with E-state index in [-0.39, 0.29) is 22.0 Å². The molecule has 0 aliphatic rings. The van der Waals surface area contributed by atoms with Crippen molar-refractivity contribution in [2.45, 2.75) is 6.92 Å². The van der Waals surface area contributed by atoms with Gasteiger partial charge in [-0.25, -0.2) is 0 Å². The van der Waals surface area contributed by atoms with E-state index < -0.39 is 23.5 Å². The summed E-state index contributed by atoms with van der Waals surface area (Å²) >= 11 is 11.9. The van der Waals surface area contributed by atoms with Crippen LogP contribution in [0.4, 0.5) is 11.4 Å². The molecule has 2 N–H and O–H groups in total. The highest BCUT2D eigenvalue weighted by Crippen LogP contribution is 2.26. The van der Waals surface area contributed by atoms with Crippen LogP contribution in [0, 0.1) is 24.2 Å². The summed E-state index contributed by atoms with van der Waals surface area (Å²) < 4.78 is 5.05. The largest absolute Gasteiger partial charge is 0.459 e.